The summed E-state index contributed by atoms with van der Waals surface area (Å²) in [6.07, 6.45) is 7.41. The summed E-state index contributed by atoms with van der Waals surface area (Å²) in [5.41, 5.74) is 2.51. The standard InChI is InChI=1S/C18H23N3O2S/c1-13-10-19-20(11-13)12-15-3-2-6-21(15)17(22)9-16-18-14(4-7-23-16)5-8-24-18/h5,8,10-11,15-16H,2-4,6-7,9,12H2,1H3/t15-,16+/m1/s1. The fourth-order valence-electron chi connectivity index (χ4n) is 3.79. The summed E-state index contributed by atoms with van der Waals surface area (Å²) in [5, 5.41) is 6.47. The number of hydrogen-bond acceptors (Lipinski definition) is 4. The molecule has 0 aliphatic carbocycles. The van der Waals surface area contributed by atoms with E-state index in [-0.39, 0.29) is 18.1 Å². The molecule has 1 amide bonds. The first-order valence-electron chi connectivity index (χ1n) is 8.67. The first-order valence-corrected chi connectivity index (χ1v) is 9.55. The first kappa shape index (κ1) is 15.8. The Balaban J connectivity index is 1.42. The van der Waals surface area contributed by atoms with Gasteiger partial charge in [-0.1, -0.05) is 0 Å². The normalized spacial score (nSPS) is 23.5. The maximum Gasteiger partial charge on any atom is 0.225 e. The van der Waals surface area contributed by atoms with Crippen LogP contribution in [0.3, 0.4) is 0 Å². The van der Waals surface area contributed by atoms with E-state index < -0.39 is 0 Å². The molecule has 1 saturated heterocycles. The first-order chi connectivity index (χ1) is 11.7. The van der Waals surface area contributed by atoms with E-state index in [2.05, 4.69) is 16.5 Å². The Labute approximate surface area is 146 Å². The van der Waals surface area contributed by atoms with Gasteiger partial charge in [-0.3, -0.25) is 9.48 Å². The van der Waals surface area contributed by atoms with E-state index in [0.717, 1.165) is 44.5 Å². The van der Waals surface area contributed by atoms with Crippen LogP contribution in [0, 0.1) is 6.92 Å². The lowest BCUT2D eigenvalue weighted by Crippen LogP contribution is -2.39. The summed E-state index contributed by atoms with van der Waals surface area (Å²) in [6.45, 7) is 4.40. The molecule has 6 heteroatoms. The number of thiophene rings is 1. The average Bonchev–Trinajstić information content (AvgIpc) is 3.29. The SMILES string of the molecule is Cc1cnn(C[C@H]2CCCN2C(=O)C[C@@H]2OCCc3ccsc32)c1. The van der Waals surface area contributed by atoms with Crippen molar-refractivity contribution in [3.63, 3.8) is 0 Å². The molecule has 1 fully saturated rings. The molecular weight excluding hydrogens is 322 g/mol. The lowest BCUT2D eigenvalue weighted by atomic mass is 10.0. The van der Waals surface area contributed by atoms with E-state index in [9.17, 15) is 4.79 Å². The molecule has 2 aliphatic rings. The summed E-state index contributed by atoms with van der Waals surface area (Å²) in [6, 6.07) is 2.42. The minimum absolute atomic E-state index is 0.0607. The Morgan fingerprint density at radius 2 is 2.42 bits per heavy atom. The molecule has 0 radical (unpaired) electrons. The van der Waals surface area contributed by atoms with Crippen LogP contribution in [-0.4, -0.2) is 39.8 Å². The third-order valence-corrected chi connectivity index (χ3v) is 6.03. The molecule has 2 aliphatic heterocycles. The third kappa shape index (κ3) is 3.13. The molecular formula is C18H23N3O2S. The summed E-state index contributed by atoms with van der Waals surface area (Å²) in [5.74, 6) is 0.215. The number of hydrogen-bond donors (Lipinski definition) is 0. The number of aryl methyl sites for hydroxylation is 1. The number of rotatable bonds is 4. The van der Waals surface area contributed by atoms with Gasteiger partial charge in [0.05, 0.1) is 31.8 Å². The molecule has 2 aromatic heterocycles. The van der Waals surface area contributed by atoms with Crippen molar-refractivity contribution in [1.82, 2.24) is 14.7 Å². The molecule has 128 valence electrons. The number of aromatic nitrogens is 2. The van der Waals surface area contributed by atoms with Gasteiger partial charge in [0.2, 0.25) is 5.91 Å². The second kappa shape index (κ2) is 6.69. The number of fused-ring (bicyclic) bond motifs is 1. The molecule has 4 heterocycles. The van der Waals surface area contributed by atoms with Crippen molar-refractivity contribution in [1.29, 1.82) is 0 Å². The number of nitrogens with zero attached hydrogens (tertiary/aromatic N) is 3. The molecule has 0 saturated carbocycles. The Bertz CT molecular complexity index is 723. The van der Waals surface area contributed by atoms with Gasteiger partial charge in [-0.2, -0.15) is 5.10 Å². The maximum absolute atomic E-state index is 12.9. The minimum Gasteiger partial charge on any atom is -0.372 e. The second-order valence-corrected chi connectivity index (χ2v) is 7.69. The van der Waals surface area contributed by atoms with E-state index in [4.69, 9.17) is 4.74 Å². The Morgan fingerprint density at radius 3 is 3.25 bits per heavy atom. The van der Waals surface area contributed by atoms with Crippen LogP contribution in [-0.2, 0) is 22.5 Å². The van der Waals surface area contributed by atoms with Gasteiger partial charge in [0.1, 0.15) is 6.10 Å². The van der Waals surface area contributed by atoms with Gasteiger partial charge in [0.15, 0.2) is 0 Å². The highest BCUT2D eigenvalue weighted by molar-refractivity contribution is 7.10. The monoisotopic (exact) mass is 345 g/mol. The highest BCUT2D eigenvalue weighted by Gasteiger charge is 2.32. The van der Waals surface area contributed by atoms with Gasteiger partial charge in [0, 0.05) is 17.6 Å². The van der Waals surface area contributed by atoms with Crippen molar-refractivity contribution in [3.8, 4) is 0 Å². The van der Waals surface area contributed by atoms with Gasteiger partial charge >= 0.3 is 0 Å². The largest absolute Gasteiger partial charge is 0.372 e. The van der Waals surface area contributed by atoms with Gasteiger partial charge < -0.3 is 9.64 Å². The summed E-state index contributed by atoms with van der Waals surface area (Å²) >= 11 is 1.71. The Hall–Kier alpha value is -1.66. The molecule has 0 bridgehead atoms. The number of carbonyl (C=O) groups is 1. The molecule has 5 nitrogen and oxygen atoms in total. The van der Waals surface area contributed by atoms with Crippen molar-refractivity contribution in [2.24, 2.45) is 0 Å². The Morgan fingerprint density at radius 1 is 1.50 bits per heavy atom. The number of ether oxygens (including phenoxy) is 1. The summed E-state index contributed by atoms with van der Waals surface area (Å²) in [4.78, 5) is 16.2. The quantitative estimate of drug-likeness (QED) is 0.856. The van der Waals surface area contributed by atoms with E-state index in [1.54, 1.807) is 11.3 Å². The number of likely N-dealkylation sites (tertiary alicyclic amines) is 1. The van der Waals surface area contributed by atoms with Gasteiger partial charge in [-0.05, 0) is 48.8 Å². The number of carbonyl (C=O) groups excluding carboxylic acids is 1. The van der Waals surface area contributed by atoms with Crippen LogP contribution in [0.2, 0.25) is 0 Å². The zero-order valence-electron chi connectivity index (χ0n) is 14.0. The van der Waals surface area contributed by atoms with Crippen LogP contribution in [0.5, 0.6) is 0 Å². The van der Waals surface area contributed by atoms with Crippen LogP contribution in [0.15, 0.2) is 23.8 Å². The van der Waals surface area contributed by atoms with Crippen LogP contribution in [0.1, 0.15) is 41.4 Å². The van der Waals surface area contributed by atoms with Gasteiger partial charge in [0.25, 0.3) is 0 Å². The summed E-state index contributed by atoms with van der Waals surface area (Å²) in [7, 11) is 0. The highest BCUT2D eigenvalue weighted by atomic mass is 32.1. The maximum atomic E-state index is 12.9. The van der Waals surface area contributed by atoms with Crippen molar-refractivity contribution < 1.29 is 9.53 Å². The van der Waals surface area contributed by atoms with Crippen molar-refractivity contribution in [3.05, 3.63) is 39.8 Å². The predicted molar refractivity (Wildman–Crippen MR) is 93.0 cm³/mol. The van der Waals surface area contributed by atoms with Crippen LogP contribution >= 0.6 is 11.3 Å². The van der Waals surface area contributed by atoms with Gasteiger partial charge in [-0.25, -0.2) is 0 Å². The van der Waals surface area contributed by atoms with E-state index in [1.165, 1.54) is 10.4 Å². The minimum atomic E-state index is -0.0607. The molecule has 0 spiro atoms. The molecule has 24 heavy (non-hydrogen) atoms. The fraction of sp³-hybridized carbons (Fsp3) is 0.556. The van der Waals surface area contributed by atoms with Gasteiger partial charge in [-0.15, -0.1) is 11.3 Å². The number of amides is 1. The van der Waals surface area contributed by atoms with Crippen LogP contribution in [0.25, 0.3) is 0 Å². The van der Waals surface area contributed by atoms with E-state index in [0.29, 0.717) is 6.42 Å². The Kier molecular flexibility index (Phi) is 4.41. The molecule has 0 aromatic carbocycles. The average molecular weight is 345 g/mol. The fourth-order valence-corrected chi connectivity index (χ4v) is 4.79. The third-order valence-electron chi connectivity index (χ3n) is 4.98. The summed E-state index contributed by atoms with van der Waals surface area (Å²) < 4.78 is 7.85. The smallest absolute Gasteiger partial charge is 0.225 e. The second-order valence-electron chi connectivity index (χ2n) is 6.75. The molecule has 4 rings (SSSR count). The lowest BCUT2D eigenvalue weighted by Gasteiger charge is -2.28. The van der Waals surface area contributed by atoms with Crippen LogP contribution in [0.4, 0.5) is 0 Å². The zero-order chi connectivity index (χ0) is 16.5. The van der Waals surface area contributed by atoms with Crippen LogP contribution < -0.4 is 0 Å². The lowest BCUT2D eigenvalue weighted by molar-refractivity contribution is -0.135. The van der Waals surface area contributed by atoms with E-state index >= 15 is 0 Å². The zero-order valence-corrected chi connectivity index (χ0v) is 14.8. The molecule has 2 atom stereocenters. The van der Waals surface area contributed by atoms with E-state index in [1.807, 2.05) is 28.9 Å². The highest BCUT2D eigenvalue weighted by Crippen LogP contribution is 2.35. The predicted octanol–water partition coefficient (Wildman–Crippen LogP) is 2.95. The van der Waals surface area contributed by atoms with Crippen molar-refractivity contribution in [2.45, 2.75) is 51.3 Å². The molecule has 0 unspecified atom stereocenters. The molecule has 0 N–H and O–H groups in total. The molecule has 2 aromatic rings. The topological polar surface area (TPSA) is 47.4 Å². The van der Waals surface area contributed by atoms with Crippen molar-refractivity contribution >= 4 is 17.2 Å². The van der Waals surface area contributed by atoms with Crippen molar-refractivity contribution in [2.75, 3.05) is 13.2 Å².